The van der Waals surface area contributed by atoms with Crippen molar-refractivity contribution in [3.8, 4) is 0 Å². The molecule has 0 radical (unpaired) electrons. The SMILES string of the molecule is CN(C)CC(=O)OCCN1C(=O)CCC(N2C(=O)c3ccc(N)cc3C2=O)C1=O. The van der Waals surface area contributed by atoms with Gasteiger partial charge in [-0.25, -0.2) is 0 Å². The molecule has 0 bridgehead atoms. The van der Waals surface area contributed by atoms with E-state index in [9.17, 15) is 24.0 Å². The zero-order valence-corrected chi connectivity index (χ0v) is 16.2. The number of carbonyl (C=O) groups is 5. The van der Waals surface area contributed by atoms with Crippen LogP contribution in [0.3, 0.4) is 0 Å². The van der Waals surface area contributed by atoms with E-state index in [0.717, 1.165) is 9.80 Å². The number of likely N-dealkylation sites (N-methyl/N-ethyl adjacent to an activating group) is 1. The number of fused-ring (bicyclic) bond motifs is 1. The zero-order valence-electron chi connectivity index (χ0n) is 16.2. The number of nitrogens with two attached hydrogens (primary N) is 1. The van der Waals surface area contributed by atoms with Crippen LogP contribution in [-0.2, 0) is 19.1 Å². The number of hydrogen-bond donors (Lipinski definition) is 1. The average molecular weight is 402 g/mol. The molecule has 1 aromatic carbocycles. The molecule has 4 amide bonds. The Kier molecular flexibility index (Phi) is 5.64. The molecular formula is C19H22N4O6. The fourth-order valence-corrected chi connectivity index (χ4v) is 3.41. The number of anilines is 1. The first kappa shape index (κ1) is 20.5. The Morgan fingerprint density at radius 1 is 1.17 bits per heavy atom. The van der Waals surface area contributed by atoms with E-state index in [1.165, 1.54) is 18.2 Å². The molecular weight excluding hydrogens is 380 g/mol. The van der Waals surface area contributed by atoms with Crippen molar-refractivity contribution >= 4 is 35.3 Å². The van der Waals surface area contributed by atoms with Gasteiger partial charge in [0.2, 0.25) is 5.91 Å². The van der Waals surface area contributed by atoms with Gasteiger partial charge in [0.1, 0.15) is 12.6 Å². The summed E-state index contributed by atoms with van der Waals surface area (Å²) in [6.07, 6.45) is 0.0487. The van der Waals surface area contributed by atoms with Crippen molar-refractivity contribution < 1.29 is 28.7 Å². The molecule has 0 saturated carbocycles. The van der Waals surface area contributed by atoms with Crippen LogP contribution in [0.15, 0.2) is 18.2 Å². The van der Waals surface area contributed by atoms with Gasteiger partial charge >= 0.3 is 5.97 Å². The molecule has 1 unspecified atom stereocenters. The number of likely N-dealkylation sites (tertiary alicyclic amines) is 1. The third kappa shape index (κ3) is 3.97. The molecule has 1 atom stereocenters. The molecule has 10 nitrogen and oxygen atoms in total. The molecule has 1 fully saturated rings. The predicted octanol–water partition coefficient (Wildman–Crippen LogP) is -0.513. The highest BCUT2D eigenvalue weighted by molar-refractivity contribution is 6.23. The third-order valence-corrected chi connectivity index (χ3v) is 4.76. The first-order valence-electron chi connectivity index (χ1n) is 9.12. The lowest BCUT2D eigenvalue weighted by molar-refractivity contribution is -0.155. The summed E-state index contributed by atoms with van der Waals surface area (Å²) in [6.45, 7) is -0.221. The maximum absolute atomic E-state index is 12.9. The molecule has 154 valence electrons. The van der Waals surface area contributed by atoms with Gasteiger partial charge in [-0.3, -0.25) is 38.7 Å². The normalized spacial score (nSPS) is 19.2. The van der Waals surface area contributed by atoms with E-state index in [1.807, 2.05) is 0 Å². The molecule has 2 heterocycles. The van der Waals surface area contributed by atoms with Gasteiger partial charge in [0.25, 0.3) is 17.7 Å². The molecule has 3 rings (SSSR count). The number of imide groups is 2. The van der Waals surface area contributed by atoms with Gasteiger partial charge in [0.15, 0.2) is 0 Å². The van der Waals surface area contributed by atoms with Gasteiger partial charge in [-0.2, -0.15) is 0 Å². The summed E-state index contributed by atoms with van der Waals surface area (Å²) >= 11 is 0. The topological polar surface area (TPSA) is 130 Å². The molecule has 10 heteroatoms. The quantitative estimate of drug-likeness (QED) is 0.382. The lowest BCUT2D eigenvalue weighted by Gasteiger charge is -2.34. The van der Waals surface area contributed by atoms with Gasteiger partial charge in [-0.15, -0.1) is 0 Å². The first-order chi connectivity index (χ1) is 13.7. The molecule has 1 saturated heterocycles. The second-order valence-electron chi connectivity index (χ2n) is 7.18. The van der Waals surface area contributed by atoms with Crippen LogP contribution in [0.4, 0.5) is 5.69 Å². The second kappa shape index (κ2) is 8.00. The number of ether oxygens (including phenoxy) is 1. The number of benzene rings is 1. The summed E-state index contributed by atoms with van der Waals surface area (Å²) in [6, 6.07) is 3.27. The van der Waals surface area contributed by atoms with Gasteiger partial charge in [0.05, 0.1) is 24.2 Å². The lowest BCUT2D eigenvalue weighted by atomic mass is 10.0. The van der Waals surface area contributed by atoms with E-state index in [-0.39, 0.29) is 43.7 Å². The first-order valence-corrected chi connectivity index (χ1v) is 9.12. The highest BCUT2D eigenvalue weighted by Gasteiger charge is 2.46. The minimum absolute atomic E-state index is 0.00239. The number of carbonyl (C=O) groups excluding carboxylic acids is 5. The third-order valence-electron chi connectivity index (χ3n) is 4.76. The fraction of sp³-hybridized carbons (Fsp3) is 0.421. The van der Waals surface area contributed by atoms with E-state index in [0.29, 0.717) is 5.69 Å². The molecule has 2 aliphatic rings. The molecule has 29 heavy (non-hydrogen) atoms. The Labute approximate surface area is 167 Å². The minimum Gasteiger partial charge on any atom is -0.463 e. The predicted molar refractivity (Wildman–Crippen MR) is 101 cm³/mol. The Morgan fingerprint density at radius 3 is 2.55 bits per heavy atom. The van der Waals surface area contributed by atoms with Crippen LogP contribution in [0.25, 0.3) is 0 Å². The van der Waals surface area contributed by atoms with Crippen LogP contribution in [0.1, 0.15) is 33.6 Å². The van der Waals surface area contributed by atoms with E-state index in [2.05, 4.69) is 0 Å². The van der Waals surface area contributed by atoms with Gasteiger partial charge in [0, 0.05) is 12.1 Å². The van der Waals surface area contributed by atoms with Crippen LogP contribution in [-0.4, -0.2) is 84.1 Å². The van der Waals surface area contributed by atoms with Crippen molar-refractivity contribution in [3.05, 3.63) is 29.3 Å². The molecule has 1 aromatic rings. The van der Waals surface area contributed by atoms with E-state index in [1.54, 1.807) is 19.0 Å². The highest BCUT2D eigenvalue weighted by Crippen LogP contribution is 2.30. The molecule has 0 aromatic heterocycles. The van der Waals surface area contributed by atoms with Gasteiger partial charge in [-0.1, -0.05) is 0 Å². The van der Waals surface area contributed by atoms with Crippen LogP contribution < -0.4 is 5.73 Å². The molecule has 2 aliphatic heterocycles. The number of piperidine rings is 1. The van der Waals surface area contributed by atoms with Crippen molar-refractivity contribution in [2.75, 3.05) is 39.5 Å². The van der Waals surface area contributed by atoms with Crippen molar-refractivity contribution in [2.24, 2.45) is 0 Å². The van der Waals surface area contributed by atoms with Crippen molar-refractivity contribution in [2.45, 2.75) is 18.9 Å². The summed E-state index contributed by atoms with van der Waals surface area (Å²) in [7, 11) is 3.42. The van der Waals surface area contributed by atoms with Crippen LogP contribution in [0.2, 0.25) is 0 Å². The van der Waals surface area contributed by atoms with Crippen molar-refractivity contribution in [1.29, 1.82) is 0 Å². The second-order valence-corrected chi connectivity index (χ2v) is 7.18. The Morgan fingerprint density at radius 2 is 1.86 bits per heavy atom. The molecule has 0 aliphatic carbocycles. The Bertz CT molecular complexity index is 897. The highest BCUT2D eigenvalue weighted by atomic mass is 16.5. The largest absolute Gasteiger partial charge is 0.463 e. The van der Waals surface area contributed by atoms with Crippen LogP contribution >= 0.6 is 0 Å². The van der Waals surface area contributed by atoms with Crippen molar-refractivity contribution in [1.82, 2.24) is 14.7 Å². The van der Waals surface area contributed by atoms with Crippen LogP contribution in [0, 0.1) is 0 Å². The monoisotopic (exact) mass is 402 g/mol. The molecule has 2 N–H and O–H groups in total. The molecule has 0 spiro atoms. The number of nitrogens with zero attached hydrogens (tertiary/aromatic N) is 3. The van der Waals surface area contributed by atoms with Gasteiger partial charge in [-0.05, 0) is 38.7 Å². The Balaban J connectivity index is 1.71. The summed E-state index contributed by atoms with van der Waals surface area (Å²) in [5, 5.41) is 0. The minimum atomic E-state index is -1.08. The summed E-state index contributed by atoms with van der Waals surface area (Å²) in [5.41, 5.74) is 6.35. The number of nitrogen functional groups attached to an aromatic ring is 1. The summed E-state index contributed by atoms with van der Waals surface area (Å²) in [5.74, 6) is -2.78. The maximum Gasteiger partial charge on any atom is 0.320 e. The zero-order chi connectivity index (χ0) is 21.3. The maximum atomic E-state index is 12.9. The number of amides is 4. The summed E-state index contributed by atoms with van der Waals surface area (Å²) < 4.78 is 5.03. The Hall–Kier alpha value is -3.27. The average Bonchev–Trinajstić information content (AvgIpc) is 2.88. The number of rotatable bonds is 6. The van der Waals surface area contributed by atoms with E-state index < -0.39 is 35.6 Å². The lowest BCUT2D eigenvalue weighted by Crippen LogP contribution is -2.56. The van der Waals surface area contributed by atoms with Crippen molar-refractivity contribution in [3.63, 3.8) is 0 Å². The van der Waals surface area contributed by atoms with E-state index >= 15 is 0 Å². The smallest absolute Gasteiger partial charge is 0.320 e. The fourth-order valence-electron chi connectivity index (χ4n) is 3.41. The van der Waals surface area contributed by atoms with Crippen LogP contribution in [0.5, 0.6) is 0 Å². The van der Waals surface area contributed by atoms with Gasteiger partial charge < -0.3 is 10.5 Å². The number of esters is 1. The summed E-state index contributed by atoms with van der Waals surface area (Å²) in [4.78, 5) is 65.6. The number of hydrogen-bond acceptors (Lipinski definition) is 8. The standard InChI is InChI=1S/C19H22N4O6/c1-21(2)10-16(25)29-8-7-22-15(24)6-5-14(19(22)28)23-17(26)12-4-3-11(20)9-13(12)18(23)27/h3-4,9,14H,5-8,10,20H2,1-2H3. The van der Waals surface area contributed by atoms with E-state index in [4.69, 9.17) is 10.5 Å².